The number of hydrogen-bond acceptors (Lipinski definition) is 8. The number of ketones is 2. The average Bonchev–Trinajstić information content (AvgIpc) is 2.86. The molecule has 0 radical (unpaired) electrons. The fraction of sp³-hybridized carbons (Fsp3) is 0.357. The van der Waals surface area contributed by atoms with E-state index in [2.05, 4.69) is 19.6 Å². The first-order valence-corrected chi connectivity index (χ1v) is 11.4. The van der Waals surface area contributed by atoms with Crippen LogP contribution in [0.5, 0.6) is 0 Å². The summed E-state index contributed by atoms with van der Waals surface area (Å²) in [6.45, 7) is 15.9. The molecule has 10 heteroatoms. The predicted molar refractivity (Wildman–Crippen MR) is 141 cm³/mol. The highest BCUT2D eigenvalue weighted by molar-refractivity contribution is 6.41. The van der Waals surface area contributed by atoms with Crippen molar-refractivity contribution in [2.75, 3.05) is 13.2 Å². The highest BCUT2D eigenvalue weighted by Crippen LogP contribution is 2.13. The van der Waals surface area contributed by atoms with Crippen LogP contribution in [-0.2, 0) is 30.3 Å². The summed E-state index contributed by atoms with van der Waals surface area (Å²) in [6.07, 6.45) is -0.515. The van der Waals surface area contributed by atoms with Crippen LogP contribution < -0.4 is 5.32 Å². The van der Waals surface area contributed by atoms with Gasteiger partial charge in [0.15, 0.2) is 5.69 Å². The molecular formula is C28H34N2O8. The van der Waals surface area contributed by atoms with Crippen LogP contribution in [0.25, 0.3) is 4.85 Å². The highest BCUT2D eigenvalue weighted by atomic mass is 16.6. The number of esters is 2. The maximum Gasteiger partial charge on any atom is 0.407 e. The van der Waals surface area contributed by atoms with Gasteiger partial charge in [0.05, 0.1) is 19.8 Å². The molecule has 2 rings (SSSR count). The zero-order valence-corrected chi connectivity index (χ0v) is 21.5. The number of nitrogens with one attached hydrogen (secondary N) is 1. The molecular weight excluding hydrogens is 492 g/mol. The van der Waals surface area contributed by atoms with Gasteiger partial charge in [-0.1, -0.05) is 56.0 Å². The molecule has 0 bridgehead atoms. The van der Waals surface area contributed by atoms with Crippen molar-refractivity contribution in [3.8, 4) is 0 Å². The van der Waals surface area contributed by atoms with Crippen LogP contribution in [0.3, 0.4) is 0 Å². The Hall–Kier alpha value is -4.52. The van der Waals surface area contributed by atoms with Gasteiger partial charge in [-0.25, -0.2) is 19.2 Å². The topological polar surface area (TPSA) is 129 Å². The molecule has 0 atom stereocenters. The molecule has 0 fully saturated rings. The summed E-state index contributed by atoms with van der Waals surface area (Å²) in [7, 11) is 0. The second-order valence-electron chi connectivity index (χ2n) is 8.31. The monoisotopic (exact) mass is 526 g/mol. The summed E-state index contributed by atoms with van der Waals surface area (Å²) in [5.74, 6) is -3.11. The van der Waals surface area contributed by atoms with Crippen molar-refractivity contribution in [3.63, 3.8) is 0 Å². The van der Waals surface area contributed by atoms with E-state index in [0.29, 0.717) is 5.69 Å². The predicted octanol–water partition coefficient (Wildman–Crippen LogP) is 5.08. The Balaban J connectivity index is 0.000000750. The Kier molecular flexibility index (Phi) is 14.3. The molecule has 0 aliphatic carbocycles. The van der Waals surface area contributed by atoms with Crippen LogP contribution in [-0.4, -0.2) is 48.4 Å². The molecule has 38 heavy (non-hydrogen) atoms. The SMILES string of the molecule is C.CCOC(=O)C(=O)c1ccc(CNC(=O)OC(C)(C)C)cc1.[C-]#[N+]c1ccc(C(=O)C(=O)OCC)cc1. The smallest absolute Gasteiger partial charge is 0.407 e. The number of carbonyl (C=O) groups is 5. The highest BCUT2D eigenvalue weighted by Gasteiger charge is 2.18. The number of Topliss-reactive ketones (excluding diaryl/α,β-unsaturated/α-hetero) is 2. The minimum absolute atomic E-state index is 0. The van der Waals surface area contributed by atoms with Gasteiger partial charge in [0.1, 0.15) is 5.60 Å². The molecule has 10 nitrogen and oxygen atoms in total. The zero-order chi connectivity index (χ0) is 28.0. The van der Waals surface area contributed by atoms with Gasteiger partial charge < -0.3 is 19.5 Å². The number of ether oxygens (including phenoxy) is 3. The summed E-state index contributed by atoms with van der Waals surface area (Å²) in [5, 5.41) is 2.61. The van der Waals surface area contributed by atoms with Gasteiger partial charge in [-0.15, -0.1) is 0 Å². The molecule has 1 N–H and O–H groups in total. The third-order valence-corrected chi connectivity index (χ3v) is 4.23. The number of nitrogens with zero attached hydrogens (tertiary/aromatic N) is 1. The van der Waals surface area contributed by atoms with Crippen molar-refractivity contribution in [3.05, 3.63) is 76.6 Å². The maximum atomic E-state index is 11.7. The summed E-state index contributed by atoms with van der Waals surface area (Å²) in [5.41, 5.74) is 1.14. The molecule has 1 amide bonds. The van der Waals surface area contributed by atoms with E-state index in [9.17, 15) is 24.0 Å². The lowest BCUT2D eigenvalue weighted by Gasteiger charge is -2.19. The van der Waals surface area contributed by atoms with Crippen LogP contribution in [0, 0.1) is 6.57 Å². The van der Waals surface area contributed by atoms with Crippen LogP contribution >= 0.6 is 0 Å². The number of alkyl carbamates (subject to hydrolysis) is 1. The minimum Gasteiger partial charge on any atom is -0.460 e. The van der Waals surface area contributed by atoms with Crippen LogP contribution in [0.15, 0.2) is 48.5 Å². The van der Waals surface area contributed by atoms with Crippen LogP contribution in [0.4, 0.5) is 10.5 Å². The number of rotatable bonds is 8. The summed E-state index contributed by atoms with van der Waals surface area (Å²) >= 11 is 0. The average molecular weight is 527 g/mol. The van der Waals surface area contributed by atoms with Gasteiger partial charge in [0.25, 0.3) is 11.6 Å². The normalized spacial score (nSPS) is 9.79. The molecule has 0 heterocycles. The Morgan fingerprint density at radius 1 is 0.789 bits per heavy atom. The fourth-order valence-electron chi connectivity index (χ4n) is 2.58. The summed E-state index contributed by atoms with van der Waals surface area (Å²) in [6, 6.07) is 12.2. The van der Waals surface area contributed by atoms with Gasteiger partial charge in [-0.05, 0) is 40.2 Å². The van der Waals surface area contributed by atoms with E-state index in [4.69, 9.17) is 11.3 Å². The Morgan fingerprint density at radius 2 is 1.21 bits per heavy atom. The second-order valence-corrected chi connectivity index (χ2v) is 8.31. The molecule has 0 saturated carbocycles. The van der Waals surface area contributed by atoms with Gasteiger partial charge >= 0.3 is 18.0 Å². The van der Waals surface area contributed by atoms with Crippen molar-refractivity contribution in [2.24, 2.45) is 0 Å². The van der Waals surface area contributed by atoms with E-state index < -0.39 is 35.2 Å². The summed E-state index contributed by atoms with van der Waals surface area (Å²) in [4.78, 5) is 60.2. The number of carbonyl (C=O) groups excluding carboxylic acids is 5. The lowest BCUT2D eigenvalue weighted by molar-refractivity contribution is -0.138. The minimum atomic E-state index is -0.873. The lowest BCUT2D eigenvalue weighted by atomic mass is 10.1. The van der Waals surface area contributed by atoms with Gasteiger partial charge in [-0.3, -0.25) is 9.59 Å². The van der Waals surface area contributed by atoms with E-state index in [-0.39, 0.29) is 38.3 Å². The van der Waals surface area contributed by atoms with Crippen LogP contribution in [0.2, 0.25) is 0 Å². The standard InChI is InChI=1S/C16H21NO5.C11H9NO3.CH4/c1-5-21-14(19)13(18)12-8-6-11(7-9-12)10-17-15(20)22-16(2,3)4;1-3-15-11(14)10(13)8-4-6-9(12-2)7-5-8;/h6-9H,5,10H2,1-4H3,(H,17,20);4-7H,3H2,1H3;1H4. The van der Waals surface area contributed by atoms with Crippen molar-refractivity contribution in [2.45, 2.75) is 54.2 Å². The number of amides is 1. The Labute approximate surface area is 223 Å². The number of benzene rings is 2. The van der Waals surface area contributed by atoms with E-state index in [1.165, 1.54) is 36.4 Å². The third-order valence-electron chi connectivity index (χ3n) is 4.23. The van der Waals surface area contributed by atoms with Gasteiger partial charge in [-0.2, -0.15) is 0 Å². The molecule has 0 saturated heterocycles. The quantitative estimate of drug-likeness (QED) is 0.166. The van der Waals surface area contributed by atoms with E-state index in [1.54, 1.807) is 46.8 Å². The van der Waals surface area contributed by atoms with Crippen molar-refractivity contribution in [1.82, 2.24) is 5.32 Å². The molecule has 204 valence electrons. The summed E-state index contributed by atoms with van der Waals surface area (Å²) < 4.78 is 14.3. The molecule has 0 aliphatic heterocycles. The second kappa shape index (κ2) is 16.3. The molecule has 0 spiro atoms. The molecule has 0 unspecified atom stereocenters. The van der Waals surface area contributed by atoms with E-state index >= 15 is 0 Å². The first-order chi connectivity index (χ1) is 17.4. The van der Waals surface area contributed by atoms with Crippen LogP contribution in [0.1, 0.15) is 68.3 Å². The Bertz CT molecular complexity index is 1140. The lowest BCUT2D eigenvalue weighted by Crippen LogP contribution is -2.32. The van der Waals surface area contributed by atoms with Gasteiger partial charge in [0.2, 0.25) is 0 Å². The molecule has 2 aromatic rings. The van der Waals surface area contributed by atoms with Gasteiger partial charge in [0, 0.05) is 17.7 Å². The largest absolute Gasteiger partial charge is 0.460 e. The third kappa shape index (κ3) is 11.9. The first kappa shape index (κ1) is 33.5. The molecule has 0 aliphatic rings. The zero-order valence-electron chi connectivity index (χ0n) is 21.5. The fourth-order valence-corrected chi connectivity index (χ4v) is 2.58. The van der Waals surface area contributed by atoms with E-state index in [0.717, 1.165) is 5.56 Å². The van der Waals surface area contributed by atoms with Crippen molar-refractivity contribution < 1.29 is 38.2 Å². The maximum absolute atomic E-state index is 11.7. The molecule has 2 aromatic carbocycles. The number of hydrogen-bond donors (Lipinski definition) is 1. The molecule has 0 aromatic heterocycles. The Morgan fingerprint density at radius 3 is 1.58 bits per heavy atom. The van der Waals surface area contributed by atoms with E-state index in [1.807, 2.05) is 0 Å². The first-order valence-electron chi connectivity index (χ1n) is 11.4. The van der Waals surface area contributed by atoms with Crippen molar-refractivity contribution >= 4 is 35.3 Å². The van der Waals surface area contributed by atoms with Crippen molar-refractivity contribution in [1.29, 1.82) is 0 Å².